The fourth-order valence-corrected chi connectivity index (χ4v) is 10.1. The Morgan fingerprint density at radius 2 is 1.14 bits per heavy atom. The van der Waals surface area contributed by atoms with Crippen molar-refractivity contribution in [2.24, 2.45) is 0 Å². The Balaban J connectivity index is 1.26. The molecule has 2 aliphatic heterocycles. The molecule has 1 aromatic carbocycles. The Hall–Kier alpha value is -2.82. The Bertz CT molecular complexity index is 1900. The van der Waals surface area contributed by atoms with E-state index in [1.807, 2.05) is 29.6 Å². The highest BCUT2D eigenvalue weighted by Crippen LogP contribution is 2.64. The number of hydrogen-bond acceptors (Lipinski definition) is 9. The second kappa shape index (κ2) is 9.84. The Morgan fingerprint density at radius 3 is 1.65 bits per heavy atom. The normalized spacial score (nSPS) is 22.5. The van der Waals surface area contributed by atoms with Crippen molar-refractivity contribution >= 4 is 51.1 Å². The van der Waals surface area contributed by atoms with Crippen molar-refractivity contribution in [1.29, 1.82) is 0 Å². The van der Waals surface area contributed by atoms with E-state index < -0.39 is 52.0 Å². The molecule has 4 aromatic heterocycles. The molecule has 0 N–H and O–H groups in total. The molecule has 0 amide bonds. The molecule has 220 valence electrons. The van der Waals surface area contributed by atoms with Gasteiger partial charge in [0.2, 0.25) is 11.6 Å². The van der Waals surface area contributed by atoms with E-state index in [1.54, 1.807) is 28.7 Å². The Labute approximate surface area is 255 Å². The van der Waals surface area contributed by atoms with Crippen LogP contribution in [0.25, 0.3) is 29.3 Å². The minimum atomic E-state index is -2.32. The molecule has 14 heteroatoms. The van der Waals surface area contributed by atoms with Crippen molar-refractivity contribution in [1.82, 2.24) is 0 Å². The monoisotopic (exact) mass is 666 g/mol. The van der Waals surface area contributed by atoms with Crippen LogP contribution in [0.4, 0.5) is 22.0 Å². The molecule has 0 spiro atoms. The summed E-state index contributed by atoms with van der Waals surface area (Å²) < 4.78 is 95.4. The minimum absolute atomic E-state index is 0.191. The van der Waals surface area contributed by atoms with Gasteiger partial charge in [-0.2, -0.15) is 0 Å². The third kappa shape index (κ3) is 3.75. The van der Waals surface area contributed by atoms with Gasteiger partial charge in [-0.25, -0.2) is 22.0 Å². The largest absolute Gasteiger partial charge is 0.339 e. The molecule has 2 fully saturated rings. The summed E-state index contributed by atoms with van der Waals surface area (Å²) in [6.07, 6.45) is 0. The van der Waals surface area contributed by atoms with Crippen LogP contribution in [0.3, 0.4) is 0 Å². The zero-order valence-corrected chi connectivity index (χ0v) is 24.7. The van der Waals surface area contributed by atoms with Gasteiger partial charge in [0.1, 0.15) is 5.56 Å². The van der Waals surface area contributed by atoms with E-state index in [0.29, 0.717) is 15.3 Å². The second-order valence-electron chi connectivity index (χ2n) is 9.75. The molecular weight excluding hydrogens is 652 g/mol. The average molecular weight is 667 g/mol. The van der Waals surface area contributed by atoms with Gasteiger partial charge in [-0.1, -0.05) is 6.07 Å². The Kier molecular flexibility index (Phi) is 6.34. The fraction of sp³-hybridized carbons (Fsp3) is 0.207. The second-order valence-corrected chi connectivity index (χ2v) is 13.9. The predicted octanol–water partition coefficient (Wildman–Crippen LogP) is 8.27. The van der Waals surface area contributed by atoms with Crippen molar-refractivity contribution in [3.63, 3.8) is 0 Å². The van der Waals surface area contributed by atoms with E-state index in [2.05, 4.69) is 0 Å². The molecule has 3 aliphatic rings. The molecule has 43 heavy (non-hydrogen) atoms. The summed E-state index contributed by atoms with van der Waals surface area (Å²) in [7, 11) is 0. The molecule has 2 saturated heterocycles. The van der Waals surface area contributed by atoms with Gasteiger partial charge in [-0.15, -0.1) is 45.3 Å². The van der Waals surface area contributed by atoms with E-state index >= 15 is 0 Å². The first-order chi connectivity index (χ1) is 20.8. The molecule has 6 heterocycles. The lowest BCUT2D eigenvalue weighted by Gasteiger charge is -2.55. The summed E-state index contributed by atoms with van der Waals surface area (Å²) in [6.45, 7) is 1.09. The van der Waals surface area contributed by atoms with Crippen LogP contribution in [-0.2, 0) is 30.5 Å². The van der Waals surface area contributed by atoms with Crippen LogP contribution in [0.15, 0.2) is 41.8 Å². The Morgan fingerprint density at radius 1 is 0.628 bits per heavy atom. The molecule has 0 unspecified atom stereocenters. The first-order valence-electron chi connectivity index (χ1n) is 12.8. The van der Waals surface area contributed by atoms with Gasteiger partial charge in [0.15, 0.2) is 23.3 Å². The van der Waals surface area contributed by atoms with Crippen LogP contribution in [0.5, 0.6) is 0 Å². The molecule has 5 nitrogen and oxygen atoms in total. The first-order valence-corrected chi connectivity index (χ1v) is 16.1. The number of thiophene rings is 4. The fourth-order valence-electron chi connectivity index (χ4n) is 5.66. The zero-order chi connectivity index (χ0) is 29.7. The van der Waals surface area contributed by atoms with Gasteiger partial charge < -0.3 is 18.9 Å². The van der Waals surface area contributed by atoms with E-state index in [1.165, 1.54) is 17.4 Å². The quantitative estimate of drug-likeness (QED) is 0.0837. The lowest BCUT2D eigenvalue weighted by atomic mass is 9.83. The molecule has 5 aromatic rings. The number of carbonyl (C=O) groups excluding carboxylic acids is 1. The van der Waals surface area contributed by atoms with Crippen molar-refractivity contribution in [2.75, 3.05) is 26.4 Å². The van der Waals surface area contributed by atoms with Crippen molar-refractivity contribution < 1.29 is 45.7 Å². The van der Waals surface area contributed by atoms with Gasteiger partial charge in [0, 0.05) is 30.6 Å². The maximum atomic E-state index is 14.4. The summed E-state index contributed by atoms with van der Waals surface area (Å²) in [6, 6.07) is 10.8. The van der Waals surface area contributed by atoms with Crippen molar-refractivity contribution in [2.45, 2.75) is 11.6 Å². The summed E-state index contributed by atoms with van der Waals surface area (Å²) in [5.41, 5.74) is -0.0293. The average Bonchev–Trinajstić information content (AvgIpc) is 3.84. The number of benzene rings is 1. The highest BCUT2D eigenvalue weighted by molar-refractivity contribution is 7.29. The van der Waals surface area contributed by atoms with E-state index in [9.17, 15) is 26.7 Å². The predicted molar refractivity (Wildman–Crippen MR) is 151 cm³/mol. The SMILES string of the molecule is O=C(c1ccc(-c2cc3c(s2)-c2sc(-c4cccs4)cc2C24OCCOC32OCCO4)s1)c1c(F)c(F)c(F)c(F)c1F. The smallest absolute Gasteiger partial charge is 0.257 e. The molecular formula is C29H15F5O5S4. The third-order valence-electron chi connectivity index (χ3n) is 7.47. The number of ether oxygens (including phenoxy) is 4. The number of fused-ring (bicyclic) bond motifs is 3. The zero-order valence-electron chi connectivity index (χ0n) is 21.4. The summed E-state index contributed by atoms with van der Waals surface area (Å²) in [5.74, 6) is -15.1. The summed E-state index contributed by atoms with van der Waals surface area (Å²) >= 11 is 5.46. The van der Waals surface area contributed by atoms with Crippen LogP contribution < -0.4 is 0 Å². The van der Waals surface area contributed by atoms with Crippen molar-refractivity contribution in [3.8, 4) is 29.3 Å². The van der Waals surface area contributed by atoms with E-state index in [4.69, 9.17) is 18.9 Å². The molecule has 0 saturated carbocycles. The van der Waals surface area contributed by atoms with Crippen LogP contribution in [0, 0.1) is 29.1 Å². The lowest BCUT2D eigenvalue weighted by Crippen LogP contribution is -2.63. The third-order valence-corrected chi connectivity index (χ3v) is 12.3. The number of carbonyl (C=O) groups is 1. The van der Waals surface area contributed by atoms with Gasteiger partial charge >= 0.3 is 0 Å². The summed E-state index contributed by atoms with van der Waals surface area (Å²) in [5, 5.41) is 1.99. The number of ketones is 1. The topological polar surface area (TPSA) is 54.0 Å². The standard InChI is InChI=1S/C29H15F5O5S4/c30-20-19(21(31)23(33)24(34)22(20)32)25(35)16-4-3-15(41-16)18-11-13-27(43-18)26-12(10-17(42-26)14-2-1-9-40-14)28-29(13,38-7-5-36-28)39-8-6-37-28/h1-4,9-11H,5-8H2. The maximum absolute atomic E-state index is 14.4. The first kappa shape index (κ1) is 27.7. The molecule has 8 rings (SSSR count). The van der Waals surface area contributed by atoms with Gasteiger partial charge in [0.05, 0.1) is 41.1 Å². The van der Waals surface area contributed by atoms with Gasteiger partial charge in [-0.3, -0.25) is 4.79 Å². The summed E-state index contributed by atoms with van der Waals surface area (Å²) in [4.78, 5) is 17.9. The van der Waals surface area contributed by atoms with Gasteiger partial charge in [-0.05, 0) is 35.7 Å². The maximum Gasteiger partial charge on any atom is 0.257 e. The number of rotatable bonds is 4. The molecule has 0 atom stereocenters. The van der Waals surface area contributed by atoms with Gasteiger partial charge in [0.25, 0.3) is 11.6 Å². The van der Waals surface area contributed by atoms with Crippen LogP contribution in [0.1, 0.15) is 26.4 Å². The van der Waals surface area contributed by atoms with E-state index in [-0.39, 0.29) is 31.3 Å². The van der Waals surface area contributed by atoms with Crippen LogP contribution >= 0.6 is 45.3 Å². The number of halogens is 5. The van der Waals surface area contributed by atoms with Crippen molar-refractivity contribution in [3.05, 3.63) is 92.4 Å². The number of hydrogen-bond donors (Lipinski definition) is 0. The molecule has 0 bridgehead atoms. The highest BCUT2D eigenvalue weighted by Gasteiger charge is 2.67. The lowest BCUT2D eigenvalue weighted by molar-refractivity contribution is -0.483. The minimum Gasteiger partial charge on any atom is -0.339 e. The van der Waals surface area contributed by atoms with E-state index in [0.717, 1.165) is 36.4 Å². The molecule has 0 radical (unpaired) electrons. The highest BCUT2D eigenvalue weighted by atomic mass is 32.1. The van der Waals surface area contributed by atoms with Crippen LogP contribution in [0.2, 0.25) is 0 Å². The van der Waals surface area contributed by atoms with Crippen LogP contribution in [-0.4, -0.2) is 32.2 Å². The molecule has 1 aliphatic carbocycles.